The van der Waals surface area contributed by atoms with Crippen LogP contribution >= 0.6 is 11.3 Å². The summed E-state index contributed by atoms with van der Waals surface area (Å²) in [6.07, 6.45) is 2.28. The SMILES string of the molecule is c1ccc2c(c1)CC(c1ccc3oc(-c4ccc5ccsc5c4)cc3c1)C2. The fraction of sp³-hybridized carbons (Fsp3) is 0.120. The van der Waals surface area contributed by atoms with Crippen LogP contribution in [0.3, 0.4) is 0 Å². The van der Waals surface area contributed by atoms with Crippen molar-refractivity contribution < 1.29 is 4.42 Å². The van der Waals surface area contributed by atoms with Crippen LogP contribution in [0.2, 0.25) is 0 Å². The second-order valence-electron chi connectivity index (χ2n) is 7.46. The summed E-state index contributed by atoms with van der Waals surface area (Å²) in [7, 11) is 0. The lowest BCUT2D eigenvalue weighted by Crippen LogP contribution is -1.97. The highest BCUT2D eigenvalue weighted by Crippen LogP contribution is 2.37. The molecule has 0 atom stereocenters. The Kier molecular flexibility index (Phi) is 3.29. The highest BCUT2D eigenvalue weighted by molar-refractivity contribution is 7.17. The zero-order chi connectivity index (χ0) is 17.8. The topological polar surface area (TPSA) is 13.1 Å². The number of benzene rings is 3. The van der Waals surface area contributed by atoms with Crippen LogP contribution in [0.5, 0.6) is 0 Å². The molecule has 0 amide bonds. The Hall–Kier alpha value is -2.84. The minimum atomic E-state index is 0.576. The minimum absolute atomic E-state index is 0.576. The van der Waals surface area contributed by atoms with E-state index in [9.17, 15) is 0 Å². The molecule has 0 fully saturated rings. The summed E-state index contributed by atoms with van der Waals surface area (Å²) >= 11 is 1.77. The van der Waals surface area contributed by atoms with E-state index in [0.29, 0.717) is 5.92 Å². The van der Waals surface area contributed by atoms with Gasteiger partial charge >= 0.3 is 0 Å². The first-order valence-corrected chi connectivity index (χ1v) is 10.3. The molecule has 0 radical (unpaired) electrons. The molecule has 0 unspecified atom stereocenters. The Morgan fingerprint density at radius 2 is 1.63 bits per heavy atom. The van der Waals surface area contributed by atoms with E-state index in [1.807, 2.05) is 0 Å². The van der Waals surface area contributed by atoms with E-state index in [1.165, 1.54) is 32.2 Å². The number of furan rings is 1. The number of hydrogen-bond acceptors (Lipinski definition) is 2. The maximum absolute atomic E-state index is 6.16. The van der Waals surface area contributed by atoms with Gasteiger partial charge in [0, 0.05) is 15.6 Å². The lowest BCUT2D eigenvalue weighted by molar-refractivity contribution is 0.631. The molecular weight excluding hydrogens is 348 g/mol. The maximum Gasteiger partial charge on any atom is 0.135 e. The third kappa shape index (κ3) is 2.52. The number of rotatable bonds is 2. The van der Waals surface area contributed by atoms with Crippen molar-refractivity contribution in [1.82, 2.24) is 0 Å². The number of thiophene rings is 1. The second kappa shape index (κ2) is 5.83. The van der Waals surface area contributed by atoms with Crippen molar-refractivity contribution in [2.75, 3.05) is 0 Å². The Labute approximate surface area is 161 Å². The smallest absolute Gasteiger partial charge is 0.135 e. The van der Waals surface area contributed by atoms with Gasteiger partial charge in [0.05, 0.1) is 0 Å². The minimum Gasteiger partial charge on any atom is -0.456 e. The van der Waals surface area contributed by atoms with Crippen LogP contribution in [-0.2, 0) is 12.8 Å². The van der Waals surface area contributed by atoms with Crippen molar-refractivity contribution in [3.8, 4) is 11.3 Å². The van der Waals surface area contributed by atoms with Gasteiger partial charge < -0.3 is 4.42 Å². The number of fused-ring (bicyclic) bond motifs is 3. The van der Waals surface area contributed by atoms with Crippen LogP contribution < -0.4 is 0 Å². The average Bonchev–Trinajstić information content (AvgIpc) is 3.42. The maximum atomic E-state index is 6.16. The molecule has 3 aromatic carbocycles. The van der Waals surface area contributed by atoms with Crippen LogP contribution in [0.4, 0.5) is 0 Å². The third-order valence-electron chi connectivity index (χ3n) is 5.80. The van der Waals surface area contributed by atoms with Gasteiger partial charge in [-0.25, -0.2) is 0 Å². The largest absolute Gasteiger partial charge is 0.456 e. The highest BCUT2D eigenvalue weighted by Gasteiger charge is 2.22. The molecule has 0 bridgehead atoms. The summed E-state index contributed by atoms with van der Waals surface area (Å²) in [5, 5.41) is 4.63. The van der Waals surface area contributed by atoms with Crippen molar-refractivity contribution in [3.05, 3.63) is 94.9 Å². The predicted molar refractivity (Wildman–Crippen MR) is 114 cm³/mol. The Bertz CT molecular complexity index is 1270. The summed E-state index contributed by atoms with van der Waals surface area (Å²) in [6, 6.07) is 26.5. The molecule has 2 heterocycles. The van der Waals surface area contributed by atoms with Crippen LogP contribution in [0.15, 0.2) is 82.6 Å². The van der Waals surface area contributed by atoms with Crippen molar-refractivity contribution in [2.45, 2.75) is 18.8 Å². The van der Waals surface area contributed by atoms with Gasteiger partial charge in [-0.3, -0.25) is 0 Å². The van der Waals surface area contributed by atoms with Gasteiger partial charge in [-0.15, -0.1) is 11.3 Å². The lowest BCUT2D eigenvalue weighted by atomic mass is 9.95. The van der Waals surface area contributed by atoms with Gasteiger partial charge in [0.2, 0.25) is 0 Å². The van der Waals surface area contributed by atoms with Crippen molar-refractivity contribution in [2.24, 2.45) is 0 Å². The molecule has 0 saturated heterocycles. The van der Waals surface area contributed by atoms with Crippen molar-refractivity contribution >= 4 is 32.4 Å². The van der Waals surface area contributed by atoms with Gasteiger partial charge in [-0.1, -0.05) is 42.5 Å². The van der Waals surface area contributed by atoms with Gasteiger partial charge in [-0.05, 0) is 76.5 Å². The molecule has 0 aliphatic heterocycles. The van der Waals surface area contributed by atoms with Crippen molar-refractivity contribution in [3.63, 3.8) is 0 Å². The van der Waals surface area contributed by atoms with Crippen LogP contribution in [0.1, 0.15) is 22.6 Å². The molecular formula is C25H18OS. The zero-order valence-electron chi connectivity index (χ0n) is 14.8. The van der Waals surface area contributed by atoms with E-state index in [-0.39, 0.29) is 0 Å². The first-order valence-electron chi connectivity index (χ1n) is 9.41. The Morgan fingerprint density at radius 3 is 2.48 bits per heavy atom. The van der Waals surface area contributed by atoms with Gasteiger partial charge in [-0.2, -0.15) is 0 Å². The standard InChI is InChI=1S/C25H18OS/c1-2-4-18-12-21(11-17(18)3-1)19-7-8-23-22(13-19)14-24(26-23)20-6-5-16-9-10-27-25(16)15-20/h1-10,13-15,21H,11-12H2. The lowest BCUT2D eigenvalue weighted by Gasteiger charge is -2.09. The van der Waals surface area contributed by atoms with Crippen molar-refractivity contribution in [1.29, 1.82) is 0 Å². The molecule has 1 aliphatic rings. The monoisotopic (exact) mass is 366 g/mol. The van der Waals surface area contributed by atoms with E-state index < -0.39 is 0 Å². The third-order valence-corrected chi connectivity index (χ3v) is 6.68. The highest BCUT2D eigenvalue weighted by atomic mass is 32.1. The van der Waals surface area contributed by atoms with E-state index in [2.05, 4.69) is 78.2 Å². The van der Waals surface area contributed by atoms with E-state index in [0.717, 1.165) is 29.7 Å². The summed E-state index contributed by atoms with van der Waals surface area (Å²) in [5.74, 6) is 1.53. The molecule has 2 heteroatoms. The van der Waals surface area contributed by atoms with E-state index in [4.69, 9.17) is 4.42 Å². The second-order valence-corrected chi connectivity index (χ2v) is 8.40. The summed E-state index contributed by atoms with van der Waals surface area (Å²) in [6.45, 7) is 0. The van der Waals surface area contributed by atoms with Crippen LogP contribution in [-0.4, -0.2) is 0 Å². The Balaban J connectivity index is 1.37. The average molecular weight is 366 g/mol. The van der Waals surface area contributed by atoms with Crippen LogP contribution in [0.25, 0.3) is 32.4 Å². The molecule has 5 aromatic rings. The number of hydrogen-bond donors (Lipinski definition) is 0. The molecule has 2 aromatic heterocycles. The fourth-order valence-electron chi connectivity index (χ4n) is 4.36. The van der Waals surface area contributed by atoms with Gasteiger partial charge in [0.15, 0.2) is 0 Å². The predicted octanol–water partition coefficient (Wildman–Crippen LogP) is 7.20. The van der Waals surface area contributed by atoms with E-state index >= 15 is 0 Å². The molecule has 1 aliphatic carbocycles. The van der Waals surface area contributed by atoms with E-state index in [1.54, 1.807) is 11.3 Å². The molecule has 0 saturated carbocycles. The summed E-state index contributed by atoms with van der Waals surface area (Å²) in [5.41, 5.74) is 6.53. The zero-order valence-corrected chi connectivity index (χ0v) is 15.6. The fourth-order valence-corrected chi connectivity index (χ4v) is 5.19. The molecule has 0 spiro atoms. The first-order chi connectivity index (χ1) is 13.3. The van der Waals surface area contributed by atoms with Crippen LogP contribution in [0, 0.1) is 0 Å². The molecule has 27 heavy (non-hydrogen) atoms. The summed E-state index contributed by atoms with van der Waals surface area (Å²) < 4.78 is 7.47. The quantitative estimate of drug-likeness (QED) is 0.322. The normalized spacial score (nSPS) is 14.2. The Morgan fingerprint density at radius 1 is 0.778 bits per heavy atom. The first kappa shape index (κ1) is 15.2. The molecule has 6 rings (SSSR count). The van der Waals surface area contributed by atoms with Gasteiger partial charge in [0.25, 0.3) is 0 Å². The van der Waals surface area contributed by atoms with Gasteiger partial charge in [0.1, 0.15) is 11.3 Å². The molecule has 1 nitrogen and oxygen atoms in total. The molecule has 0 N–H and O–H groups in total. The molecule has 130 valence electrons. The summed E-state index contributed by atoms with van der Waals surface area (Å²) in [4.78, 5) is 0.